The van der Waals surface area contributed by atoms with E-state index in [4.69, 9.17) is 13.8 Å². The van der Waals surface area contributed by atoms with Crippen molar-refractivity contribution in [2.45, 2.75) is 33.0 Å². The Morgan fingerprint density at radius 3 is 2.12 bits per heavy atom. The van der Waals surface area contributed by atoms with Crippen molar-refractivity contribution in [3.8, 4) is 0 Å². The third-order valence-electron chi connectivity index (χ3n) is 1.63. The molecule has 16 heavy (non-hydrogen) atoms. The Hall–Kier alpha value is -0.450. The maximum Gasteiger partial charge on any atom is 0.371 e. The number of alkyl halides is 1. The van der Waals surface area contributed by atoms with Gasteiger partial charge in [-0.2, -0.15) is 0 Å². The summed E-state index contributed by atoms with van der Waals surface area (Å²) in [6.07, 6.45) is -0.198. The van der Waals surface area contributed by atoms with Gasteiger partial charge in [0.2, 0.25) is 5.85 Å². The number of carbonyl (C=O) groups excluding carboxylic acids is 1. The lowest BCUT2D eigenvalue weighted by Gasteiger charge is -2.24. The lowest BCUT2D eigenvalue weighted by Crippen LogP contribution is -2.20. The zero-order valence-electron chi connectivity index (χ0n) is 9.77. The number of ether oxygens (including phenoxy) is 1. The molecular formula is C9H18FO5P. The number of halogens is 1. The molecule has 0 radical (unpaired) electrons. The van der Waals surface area contributed by atoms with E-state index in [1.54, 1.807) is 13.8 Å². The average molecular weight is 256 g/mol. The molecule has 0 amide bonds. The number of hydrogen-bond donors (Lipinski definition) is 0. The van der Waals surface area contributed by atoms with Crippen molar-refractivity contribution >= 4 is 13.6 Å². The third-order valence-corrected chi connectivity index (χ3v) is 3.93. The van der Waals surface area contributed by atoms with Crippen LogP contribution in [0.2, 0.25) is 0 Å². The minimum absolute atomic E-state index is 0.140. The summed E-state index contributed by atoms with van der Waals surface area (Å²) in [4.78, 5) is 10.8. The first-order valence-corrected chi connectivity index (χ1v) is 6.73. The highest BCUT2D eigenvalue weighted by molar-refractivity contribution is 7.54. The molecule has 0 N–H and O–H groups in total. The maximum absolute atomic E-state index is 12.3. The first-order chi connectivity index (χ1) is 7.50. The smallest absolute Gasteiger partial charge is 0.371 e. The molecule has 5 nitrogen and oxygen atoms in total. The van der Waals surface area contributed by atoms with Crippen LogP contribution in [0.25, 0.3) is 0 Å². The van der Waals surface area contributed by atoms with Gasteiger partial charge in [-0.25, -0.2) is 0 Å². The van der Waals surface area contributed by atoms with Crippen molar-refractivity contribution in [3.05, 3.63) is 0 Å². The van der Waals surface area contributed by atoms with E-state index in [0.717, 1.165) is 6.92 Å². The Labute approximate surface area is 94.8 Å². The molecule has 0 aliphatic heterocycles. The molecule has 0 fully saturated rings. The molecule has 1 atom stereocenters. The molecule has 96 valence electrons. The highest BCUT2D eigenvalue weighted by atomic mass is 31.2. The van der Waals surface area contributed by atoms with E-state index in [1.807, 2.05) is 0 Å². The van der Waals surface area contributed by atoms with Crippen LogP contribution in [-0.2, 0) is 23.1 Å². The predicted octanol–water partition coefficient (Wildman–Crippen LogP) is 2.50. The summed E-state index contributed by atoms with van der Waals surface area (Å²) in [5.41, 5.74) is 0. The second-order valence-electron chi connectivity index (χ2n) is 2.92. The van der Waals surface area contributed by atoms with Gasteiger partial charge >= 0.3 is 13.6 Å². The summed E-state index contributed by atoms with van der Waals surface area (Å²) in [6, 6.07) is 0. The molecule has 0 aliphatic rings. The Bertz CT molecular complexity index is 248. The van der Waals surface area contributed by atoms with Crippen LogP contribution in [0.3, 0.4) is 0 Å². The van der Waals surface area contributed by atoms with Crippen molar-refractivity contribution in [2.24, 2.45) is 0 Å². The van der Waals surface area contributed by atoms with Crippen LogP contribution < -0.4 is 0 Å². The Kier molecular flexibility index (Phi) is 7.55. The molecular weight excluding hydrogens is 238 g/mol. The highest BCUT2D eigenvalue weighted by Gasteiger charge is 2.37. The topological polar surface area (TPSA) is 61.8 Å². The fraction of sp³-hybridized carbons (Fsp3) is 0.889. The zero-order chi connectivity index (χ0) is 12.6. The Balaban J connectivity index is 4.77. The van der Waals surface area contributed by atoms with Gasteiger partial charge in [0.05, 0.1) is 19.9 Å². The molecule has 0 spiro atoms. The van der Waals surface area contributed by atoms with Crippen LogP contribution in [-0.4, -0.2) is 31.7 Å². The van der Waals surface area contributed by atoms with Crippen molar-refractivity contribution in [3.63, 3.8) is 0 Å². The normalized spacial score (nSPS) is 13.5. The van der Waals surface area contributed by atoms with Gasteiger partial charge in [-0.3, -0.25) is 13.8 Å². The van der Waals surface area contributed by atoms with Crippen molar-refractivity contribution in [2.75, 3.05) is 19.9 Å². The van der Waals surface area contributed by atoms with Crippen molar-refractivity contribution < 1.29 is 27.5 Å². The van der Waals surface area contributed by atoms with Crippen LogP contribution >= 0.6 is 7.60 Å². The number of carbonyl (C=O) groups is 1. The largest absolute Gasteiger partial charge is 0.449 e. The summed E-state index contributed by atoms with van der Waals surface area (Å²) in [7, 11) is -3.58. The number of rotatable bonds is 8. The molecule has 0 aliphatic carbocycles. The van der Waals surface area contributed by atoms with Crippen molar-refractivity contribution in [1.82, 2.24) is 0 Å². The SMILES string of the molecule is CCOP(=O)(OCC)[C@@H](CCF)OC(C)=O. The summed E-state index contributed by atoms with van der Waals surface area (Å²) in [5, 5.41) is 0. The summed E-state index contributed by atoms with van der Waals surface area (Å²) < 4.78 is 39.2. The van der Waals surface area contributed by atoms with Crippen LogP contribution in [0.5, 0.6) is 0 Å². The molecule has 0 aromatic rings. The van der Waals surface area contributed by atoms with E-state index >= 15 is 0 Å². The van der Waals surface area contributed by atoms with Crippen LogP contribution in [0, 0.1) is 0 Å². The van der Waals surface area contributed by atoms with E-state index in [9.17, 15) is 13.8 Å². The zero-order valence-corrected chi connectivity index (χ0v) is 10.7. The molecule has 0 aromatic carbocycles. The van der Waals surface area contributed by atoms with E-state index in [0.29, 0.717) is 0 Å². The second kappa shape index (κ2) is 7.76. The lowest BCUT2D eigenvalue weighted by atomic mass is 10.5. The molecule has 0 saturated carbocycles. The van der Waals surface area contributed by atoms with Gasteiger partial charge in [0.25, 0.3) is 0 Å². The molecule has 0 aromatic heterocycles. The van der Waals surface area contributed by atoms with Crippen molar-refractivity contribution in [1.29, 1.82) is 0 Å². The Morgan fingerprint density at radius 1 is 1.31 bits per heavy atom. The van der Waals surface area contributed by atoms with Crippen LogP contribution in [0.15, 0.2) is 0 Å². The van der Waals surface area contributed by atoms with Gasteiger partial charge in [0, 0.05) is 13.3 Å². The summed E-state index contributed by atoms with van der Waals surface area (Å²) >= 11 is 0. The fourth-order valence-electron chi connectivity index (χ4n) is 1.13. The monoisotopic (exact) mass is 256 g/mol. The molecule has 7 heteroatoms. The molecule has 0 unspecified atom stereocenters. The maximum atomic E-state index is 12.3. The van der Waals surface area contributed by atoms with E-state index < -0.39 is 26.1 Å². The van der Waals surface area contributed by atoms with Crippen LogP contribution in [0.4, 0.5) is 4.39 Å². The van der Waals surface area contributed by atoms with Gasteiger partial charge in [-0.15, -0.1) is 0 Å². The van der Waals surface area contributed by atoms with Gasteiger partial charge in [0.15, 0.2) is 0 Å². The molecule has 0 rings (SSSR count). The van der Waals surface area contributed by atoms with Gasteiger partial charge in [0.1, 0.15) is 0 Å². The van der Waals surface area contributed by atoms with Crippen LogP contribution in [0.1, 0.15) is 27.2 Å². The second-order valence-corrected chi connectivity index (χ2v) is 5.09. The van der Waals surface area contributed by atoms with E-state index in [1.165, 1.54) is 0 Å². The highest BCUT2D eigenvalue weighted by Crippen LogP contribution is 2.54. The Morgan fingerprint density at radius 2 is 1.81 bits per heavy atom. The first-order valence-electron chi connectivity index (χ1n) is 5.12. The third kappa shape index (κ3) is 5.05. The standard InChI is InChI=1S/C9H18FO5P/c1-4-13-16(12,14-5-2)9(6-7-10)15-8(3)11/h9H,4-7H2,1-3H3/t9-/m0/s1. The first kappa shape index (κ1) is 15.6. The van der Waals surface area contributed by atoms with E-state index in [-0.39, 0.29) is 19.6 Å². The fourth-order valence-corrected chi connectivity index (χ4v) is 2.95. The quantitative estimate of drug-likeness (QED) is 0.493. The minimum atomic E-state index is -3.58. The molecule has 0 heterocycles. The lowest BCUT2D eigenvalue weighted by molar-refractivity contribution is -0.144. The van der Waals surface area contributed by atoms with Gasteiger partial charge < -0.3 is 13.8 Å². The average Bonchev–Trinajstić information content (AvgIpc) is 2.17. The summed E-state index contributed by atoms with van der Waals surface area (Å²) in [5.74, 6) is -1.81. The number of esters is 1. The van der Waals surface area contributed by atoms with Gasteiger partial charge in [-0.05, 0) is 13.8 Å². The summed E-state index contributed by atoms with van der Waals surface area (Å²) in [6.45, 7) is 3.94. The molecule has 0 bridgehead atoms. The predicted molar refractivity (Wildman–Crippen MR) is 57.0 cm³/mol. The molecule has 0 saturated heterocycles. The van der Waals surface area contributed by atoms with Gasteiger partial charge in [-0.1, -0.05) is 0 Å². The van der Waals surface area contributed by atoms with E-state index in [2.05, 4.69) is 0 Å². The minimum Gasteiger partial charge on any atom is -0.449 e. The number of hydrogen-bond acceptors (Lipinski definition) is 5.